The lowest BCUT2D eigenvalue weighted by Crippen LogP contribution is -2.20. The van der Waals surface area contributed by atoms with E-state index in [4.69, 9.17) is 4.11 Å². The SMILES string of the molecule is [2H]C([2H])([2H])[C@H](CC)c1nc2[nH]c3ccccc3n2c(=O)c1C. The monoisotopic (exact) mass is 258 g/mol. The predicted molar refractivity (Wildman–Crippen MR) is 76.8 cm³/mol. The van der Waals surface area contributed by atoms with Gasteiger partial charge in [0, 0.05) is 9.68 Å². The first-order chi connectivity index (χ1) is 10.3. The Kier molecular flexibility index (Phi) is 1.98. The Morgan fingerprint density at radius 2 is 2.26 bits per heavy atom. The van der Waals surface area contributed by atoms with E-state index in [-0.39, 0.29) is 5.56 Å². The van der Waals surface area contributed by atoms with Gasteiger partial charge in [0.05, 0.1) is 16.7 Å². The number of benzene rings is 1. The van der Waals surface area contributed by atoms with Gasteiger partial charge in [0.15, 0.2) is 0 Å². The van der Waals surface area contributed by atoms with E-state index < -0.39 is 12.8 Å². The van der Waals surface area contributed by atoms with E-state index >= 15 is 0 Å². The maximum atomic E-state index is 12.7. The Labute approximate surface area is 115 Å². The minimum absolute atomic E-state index is 0.222. The number of nitrogens with one attached hydrogen (secondary N) is 1. The third kappa shape index (κ3) is 1.67. The van der Waals surface area contributed by atoms with Crippen molar-refractivity contribution in [1.29, 1.82) is 0 Å². The molecular formula is C15H17N3O. The highest BCUT2D eigenvalue weighted by Gasteiger charge is 2.16. The standard InChI is InChI=1S/C15H17N3O/c1-4-9(2)13-10(3)14(19)18-12-8-6-5-7-11(12)16-15(18)17-13/h5-9H,4H2,1-3H3,(H,16,17)/t9-/m1/s1/i2D3. The van der Waals surface area contributed by atoms with Crippen molar-refractivity contribution in [2.45, 2.75) is 33.0 Å². The molecule has 0 bridgehead atoms. The Balaban J connectivity index is 2.37. The molecule has 0 amide bonds. The van der Waals surface area contributed by atoms with Crippen LogP contribution < -0.4 is 5.56 Å². The van der Waals surface area contributed by atoms with Gasteiger partial charge in [0.1, 0.15) is 0 Å². The van der Waals surface area contributed by atoms with Gasteiger partial charge in [-0.05, 0) is 31.4 Å². The molecule has 0 aliphatic rings. The first kappa shape index (κ1) is 8.91. The summed E-state index contributed by atoms with van der Waals surface area (Å²) in [7, 11) is 0. The molecule has 0 radical (unpaired) electrons. The van der Waals surface area contributed by atoms with Gasteiger partial charge in [-0.3, -0.25) is 4.79 Å². The number of para-hydroxylation sites is 2. The zero-order chi connectivity index (χ0) is 16.1. The van der Waals surface area contributed by atoms with Crippen LogP contribution in [0.2, 0.25) is 0 Å². The lowest BCUT2D eigenvalue weighted by atomic mass is 10.0. The molecule has 1 atom stereocenters. The molecule has 3 rings (SSSR count). The fourth-order valence-corrected chi connectivity index (χ4v) is 2.36. The molecule has 3 aromatic rings. The molecule has 2 heterocycles. The molecule has 0 fully saturated rings. The first-order valence-corrected chi connectivity index (χ1v) is 6.34. The van der Waals surface area contributed by atoms with E-state index in [1.807, 2.05) is 24.3 Å². The molecule has 4 nitrogen and oxygen atoms in total. The van der Waals surface area contributed by atoms with E-state index in [0.29, 0.717) is 23.5 Å². The van der Waals surface area contributed by atoms with E-state index in [1.54, 1.807) is 13.8 Å². The summed E-state index contributed by atoms with van der Waals surface area (Å²) in [5.41, 5.74) is 2.07. The Bertz CT molecular complexity index is 908. The number of aromatic amines is 1. The quantitative estimate of drug-likeness (QED) is 0.768. The fourth-order valence-electron chi connectivity index (χ4n) is 2.36. The van der Waals surface area contributed by atoms with Crippen LogP contribution >= 0.6 is 0 Å². The van der Waals surface area contributed by atoms with Gasteiger partial charge in [-0.15, -0.1) is 0 Å². The summed E-state index contributed by atoms with van der Waals surface area (Å²) in [4.78, 5) is 20.2. The molecule has 2 aromatic heterocycles. The van der Waals surface area contributed by atoms with Crippen LogP contribution in [0, 0.1) is 6.92 Å². The van der Waals surface area contributed by atoms with Crippen molar-refractivity contribution in [3.05, 3.63) is 45.9 Å². The molecule has 1 N–H and O–H groups in total. The maximum Gasteiger partial charge on any atom is 0.262 e. The Morgan fingerprint density at radius 3 is 3.00 bits per heavy atom. The first-order valence-electron chi connectivity index (χ1n) is 7.84. The summed E-state index contributed by atoms with van der Waals surface area (Å²) in [5.74, 6) is -0.355. The summed E-state index contributed by atoms with van der Waals surface area (Å²) in [6, 6.07) is 7.41. The molecule has 0 saturated carbocycles. The maximum absolute atomic E-state index is 12.7. The van der Waals surface area contributed by atoms with Gasteiger partial charge in [0.2, 0.25) is 5.78 Å². The van der Waals surface area contributed by atoms with Crippen molar-refractivity contribution in [3.63, 3.8) is 0 Å². The third-order valence-corrected chi connectivity index (χ3v) is 3.48. The summed E-state index contributed by atoms with van der Waals surface area (Å²) in [5, 5.41) is 0. The van der Waals surface area contributed by atoms with Crippen LogP contribution in [-0.2, 0) is 0 Å². The molecule has 0 aliphatic heterocycles. The van der Waals surface area contributed by atoms with E-state index in [0.717, 1.165) is 11.0 Å². The van der Waals surface area contributed by atoms with Crippen LogP contribution in [0.1, 0.15) is 41.5 Å². The average Bonchev–Trinajstić information content (AvgIpc) is 2.81. The smallest absolute Gasteiger partial charge is 0.262 e. The largest absolute Gasteiger partial charge is 0.323 e. The minimum Gasteiger partial charge on any atom is -0.323 e. The van der Waals surface area contributed by atoms with Crippen molar-refractivity contribution in [1.82, 2.24) is 14.4 Å². The van der Waals surface area contributed by atoms with Gasteiger partial charge in [0.25, 0.3) is 5.56 Å². The number of fused-ring (bicyclic) bond motifs is 3. The van der Waals surface area contributed by atoms with Gasteiger partial charge in [-0.25, -0.2) is 9.38 Å². The third-order valence-electron chi connectivity index (χ3n) is 3.48. The summed E-state index contributed by atoms with van der Waals surface area (Å²) < 4.78 is 24.6. The van der Waals surface area contributed by atoms with Crippen molar-refractivity contribution >= 4 is 16.8 Å². The molecule has 1 aromatic carbocycles. The van der Waals surface area contributed by atoms with E-state index in [9.17, 15) is 4.79 Å². The molecular weight excluding hydrogens is 238 g/mol. The molecule has 0 aliphatic carbocycles. The van der Waals surface area contributed by atoms with Crippen molar-refractivity contribution in [2.24, 2.45) is 0 Å². The molecule has 0 spiro atoms. The van der Waals surface area contributed by atoms with Crippen LogP contribution in [0.4, 0.5) is 0 Å². The van der Waals surface area contributed by atoms with E-state index in [2.05, 4.69) is 9.97 Å². The number of H-pyrrole nitrogens is 1. The topological polar surface area (TPSA) is 50.2 Å². The Hall–Kier alpha value is -2.10. The second-order valence-corrected chi connectivity index (χ2v) is 4.69. The summed E-state index contributed by atoms with van der Waals surface area (Å²) >= 11 is 0. The molecule has 19 heavy (non-hydrogen) atoms. The fraction of sp³-hybridized carbons (Fsp3) is 0.333. The van der Waals surface area contributed by atoms with Crippen LogP contribution in [0.3, 0.4) is 0 Å². The predicted octanol–water partition coefficient (Wildman–Crippen LogP) is 3.00. The zero-order valence-corrected chi connectivity index (χ0v) is 10.9. The van der Waals surface area contributed by atoms with Gasteiger partial charge >= 0.3 is 0 Å². The summed E-state index contributed by atoms with van der Waals surface area (Å²) in [6.07, 6.45) is 0.403. The number of hydrogen-bond acceptors (Lipinski definition) is 2. The lowest BCUT2D eigenvalue weighted by Gasteiger charge is -2.10. The second kappa shape index (κ2) is 4.23. The minimum atomic E-state index is -2.18. The van der Waals surface area contributed by atoms with Crippen LogP contribution in [0.15, 0.2) is 29.1 Å². The lowest BCUT2D eigenvalue weighted by molar-refractivity contribution is 0.697. The molecule has 0 saturated heterocycles. The van der Waals surface area contributed by atoms with Crippen molar-refractivity contribution < 1.29 is 4.11 Å². The van der Waals surface area contributed by atoms with Gasteiger partial charge in [-0.1, -0.05) is 25.9 Å². The van der Waals surface area contributed by atoms with Crippen molar-refractivity contribution in [3.8, 4) is 0 Å². The number of hydrogen-bond donors (Lipinski definition) is 1. The van der Waals surface area contributed by atoms with Gasteiger partial charge < -0.3 is 4.98 Å². The number of rotatable bonds is 2. The van der Waals surface area contributed by atoms with E-state index in [1.165, 1.54) is 4.40 Å². The highest BCUT2D eigenvalue weighted by Crippen LogP contribution is 2.20. The molecule has 0 unspecified atom stereocenters. The molecule has 4 heteroatoms. The normalized spacial score (nSPS) is 16.2. The zero-order valence-electron chi connectivity index (χ0n) is 13.9. The second-order valence-electron chi connectivity index (χ2n) is 4.69. The van der Waals surface area contributed by atoms with Crippen LogP contribution in [0.25, 0.3) is 16.8 Å². The average molecular weight is 258 g/mol. The highest BCUT2D eigenvalue weighted by atomic mass is 16.1. The van der Waals surface area contributed by atoms with Gasteiger partial charge in [-0.2, -0.15) is 0 Å². The summed E-state index contributed by atoms with van der Waals surface area (Å²) in [6.45, 7) is 1.27. The number of nitrogens with zero attached hydrogens (tertiary/aromatic N) is 2. The number of aromatic nitrogens is 3. The Morgan fingerprint density at radius 1 is 1.47 bits per heavy atom. The highest BCUT2D eigenvalue weighted by molar-refractivity contribution is 5.79. The number of imidazole rings is 1. The van der Waals surface area contributed by atoms with Crippen LogP contribution in [0.5, 0.6) is 0 Å². The van der Waals surface area contributed by atoms with Crippen LogP contribution in [-0.4, -0.2) is 14.4 Å². The van der Waals surface area contributed by atoms with Crippen molar-refractivity contribution in [2.75, 3.05) is 0 Å². The molecule has 98 valence electrons.